The quantitative estimate of drug-likeness (QED) is 0.755. The van der Waals surface area contributed by atoms with Crippen molar-refractivity contribution >= 4 is 6.03 Å². The van der Waals surface area contributed by atoms with Gasteiger partial charge in [0.2, 0.25) is 0 Å². The van der Waals surface area contributed by atoms with Gasteiger partial charge in [-0.15, -0.1) is 0 Å². The molecule has 0 aliphatic rings. The van der Waals surface area contributed by atoms with Crippen LogP contribution >= 0.6 is 0 Å². The van der Waals surface area contributed by atoms with Gasteiger partial charge >= 0.3 is 6.03 Å². The zero-order valence-corrected chi connectivity index (χ0v) is 12.5. The van der Waals surface area contributed by atoms with Crippen LogP contribution in [0.3, 0.4) is 0 Å². The molecule has 1 heterocycles. The van der Waals surface area contributed by atoms with Crippen molar-refractivity contribution in [3.05, 3.63) is 53.9 Å². The van der Waals surface area contributed by atoms with E-state index in [0.717, 1.165) is 12.1 Å². The molecule has 3 N–H and O–H groups in total. The van der Waals surface area contributed by atoms with Gasteiger partial charge in [-0.2, -0.15) is 5.10 Å². The van der Waals surface area contributed by atoms with Crippen molar-refractivity contribution < 1.29 is 18.7 Å². The second kappa shape index (κ2) is 7.68. The largest absolute Gasteiger partial charge is 0.386 e. The Morgan fingerprint density at radius 2 is 2.22 bits per heavy atom. The predicted octanol–water partition coefficient (Wildman–Crippen LogP) is 1.58. The molecule has 0 unspecified atom stereocenters. The highest BCUT2D eigenvalue weighted by Gasteiger charge is 2.15. The molecule has 8 heteroatoms. The average Bonchev–Trinajstić information content (AvgIpc) is 2.97. The summed E-state index contributed by atoms with van der Waals surface area (Å²) in [6.45, 7) is 2.11. The highest BCUT2D eigenvalue weighted by atomic mass is 19.1. The minimum absolute atomic E-state index is 0.0729. The highest BCUT2D eigenvalue weighted by molar-refractivity contribution is 5.74. The smallest absolute Gasteiger partial charge is 0.315 e. The first-order chi connectivity index (χ1) is 11.0. The number of hydrogen-bond donors (Lipinski definition) is 3. The number of nitrogens with one attached hydrogen (secondary N) is 2. The van der Waals surface area contributed by atoms with E-state index in [4.69, 9.17) is 0 Å². The van der Waals surface area contributed by atoms with Crippen LogP contribution in [0.25, 0.3) is 0 Å². The molecule has 0 bridgehead atoms. The van der Waals surface area contributed by atoms with Gasteiger partial charge in [0, 0.05) is 36.6 Å². The Morgan fingerprint density at radius 3 is 2.87 bits per heavy atom. The van der Waals surface area contributed by atoms with Crippen molar-refractivity contribution in [2.75, 3.05) is 6.54 Å². The first-order valence-corrected chi connectivity index (χ1v) is 7.10. The van der Waals surface area contributed by atoms with E-state index < -0.39 is 23.8 Å². The third-order valence-electron chi connectivity index (χ3n) is 3.18. The van der Waals surface area contributed by atoms with Crippen LogP contribution in [0.4, 0.5) is 13.6 Å². The number of carbonyl (C=O) groups is 1. The minimum atomic E-state index is -1.26. The number of benzene rings is 1. The van der Waals surface area contributed by atoms with Crippen LogP contribution in [0.15, 0.2) is 36.7 Å². The normalized spacial score (nSPS) is 13.4. The maximum absolute atomic E-state index is 13.5. The molecule has 0 aliphatic carbocycles. The molecule has 23 heavy (non-hydrogen) atoms. The summed E-state index contributed by atoms with van der Waals surface area (Å²) in [6, 6.07) is 3.98. The van der Waals surface area contributed by atoms with E-state index in [1.807, 2.05) is 0 Å². The minimum Gasteiger partial charge on any atom is -0.386 e. The molecule has 0 radical (unpaired) electrons. The van der Waals surface area contributed by atoms with E-state index in [9.17, 15) is 18.7 Å². The number of aromatic nitrogens is 2. The maximum Gasteiger partial charge on any atom is 0.315 e. The second-order valence-corrected chi connectivity index (χ2v) is 5.17. The number of nitrogens with zero attached hydrogens (tertiary/aromatic N) is 2. The molecule has 2 rings (SSSR count). The predicted molar refractivity (Wildman–Crippen MR) is 79.5 cm³/mol. The lowest BCUT2D eigenvalue weighted by molar-refractivity contribution is 0.168. The van der Waals surface area contributed by atoms with Crippen molar-refractivity contribution in [3.63, 3.8) is 0 Å². The van der Waals surface area contributed by atoms with Crippen LogP contribution < -0.4 is 10.6 Å². The van der Waals surface area contributed by atoms with Crippen LogP contribution in [0.2, 0.25) is 0 Å². The third kappa shape index (κ3) is 5.03. The lowest BCUT2D eigenvalue weighted by atomic mass is 10.1. The van der Waals surface area contributed by atoms with Crippen LogP contribution in [-0.2, 0) is 6.54 Å². The molecular weight excluding hydrogens is 306 g/mol. The fourth-order valence-electron chi connectivity index (χ4n) is 2.08. The number of hydrogen-bond acceptors (Lipinski definition) is 3. The van der Waals surface area contributed by atoms with E-state index in [1.165, 1.54) is 0 Å². The van der Waals surface area contributed by atoms with Gasteiger partial charge in [-0.3, -0.25) is 4.68 Å². The molecular formula is C15H18F2N4O2. The van der Waals surface area contributed by atoms with Gasteiger partial charge in [0.05, 0.1) is 12.6 Å². The first kappa shape index (κ1) is 16.9. The lowest BCUT2D eigenvalue weighted by Gasteiger charge is -2.17. The third-order valence-corrected chi connectivity index (χ3v) is 3.18. The van der Waals surface area contributed by atoms with Gasteiger partial charge < -0.3 is 15.7 Å². The standard InChI is InChI=1S/C15H18F2N4O2/c1-10(9-21-6-2-5-19-21)20-15(23)18-8-14(22)12-4-3-11(16)7-13(12)17/h2-7,10,14,22H,8-9H2,1H3,(H2,18,20,23)/t10-,14-/m1/s1. The summed E-state index contributed by atoms with van der Waals surface area (Å²) in [5.74, 6) is -1.58. The zero-order valence-electron chi connectivity index (χ0n) is 12.5. The monoisotopic (exact) mass is 324 g/mol. The zero-order chi connectivity index (χ0) is 16.8. The molecule has 0 spiro atoms. The van der Waals surface area contributed by atoms with Crippen LogP contribution in [0.5, 0.6) is 0 Å². The summed E-state index contributed by atoms with van der Waals surface area (Å²) < 4.78 is 28.0. The molecule has 0 fully saturated rings. The summed E-state index contributed by atoms with van der Waals surface area (Å²) in [5, 5.41) is 19.0. The van der Waals surface area contributed by atoms with Gasteiger partial charge in [0.25, 0.3) is 0 Å². The van der Waals surface area contributed by atoms with Crippen LogP contribution in [-0.4, -0.2) is 33.5 Å². The Morgan fingerprint density at radius 1 is 1.43 bits per heavy atom. The first-order valence-electron chi connectivity index (χ1n) is 7.10. The van der Waals surface area contributed by atoms with Crippen LogP contribution in [0.1, 0.15) is 18.6 Å². The van der Waals surface area contributed by atoms with Gasteiger partial charge in [-0.05, 0) is 19.1 Å². The Hall–Kier alpha value is -2.48. The van der Waals surface area contributed by atoms with E-state index in [-0.39, 0.29) is 18.2 Å². The Labute approximate surface area is 132 Å². The van der Waals surface area contributed by atoms with Gasteiger partial charge in [0.15, 0.2) is 0 Å². The van der Waals surface area contributed by atoms with Crippen molar-refractivity contribution in [3.8, 4) is 0 Å². The van der Waals surface area contributed by atoms with Gasteiger partial charge in [0.1, 0.15) is 11.6 Å². The molecule has 2 aromatic rings. The molecule has 2 atom stereocenters. The number of halogens is 2. The summed E-state index contributed by atoms with van der Waals surface area (Å²) in [4.78, 5) is 11.7. The Balaban J connectivity index is 1.79. The summed E-state index contributed by atoms with van der Waals surface area (Å²) in [6.07, 6.45) is 2.15. The average molecular weight is 324 g/mol. The summed E-state index contributed by atoms with van der Waals surface area (Å²) in [7, 11) is 0. The maximum atomic E-state index is 13.5. The number of aliphatic hydroxyl groups is 1. The Kier molecular flexibility index (Phi) is 5.64. The van der Waals surface area contributed by atoms with Crippen molar-refractivity contribution in [2.45, 2.75) is 25.6 Å². The fourth-order valence-corrected chi connectivity index (χ4v) is 2.08. The molecule has 0 saturated carbocycles. The van der Waals surface area contributed by atoms with Gasteiger partial charge in [-0.1, -0.05) is 6.07 Å². The molecule has 6 nitrogen and oxygen atoms in total. The number of rotatable bonds is 6. The number of urea groups is 1. The highest BCUT2D eigenvalue weighted by Crippen LogP contribution is 2.17. The summed E-state index contributed by atoms with van der Waals surface area (Å²) >= 11 is 0. The van der Waals surface area contributed by atoms with Crippen LogP contribution in [0, 0.1) is 11.6 Å². The van der Waals surface area contributed by atoms with Crippen molar-refractivity contribution in [1.29, 1.82) is 0 Å². The second-order valence-electron chi connectivity index (χ2n) is 5.17. The molecule has 1 aromatic heterocycles. The molecule has 124 valence electrons. The van der Waals surface area contributed by atoms with Crippen molar-refractivity contribution in [2.24, 2.45) is 0 Å². The fraction of sp³-hybridized carbons (Fsp3) is 0.333. The molecule has 0 aliphatic heterocycles. The number of carbonyl (C=O) groups excluding carboxylic acids is 1. The summed E-state index contributed by atoms with van der Waals surface area (Å²) in [5.41, 5.74) is -0.0729. The van der Waals surface area contributed by atoms with E-state index >= 15 is 0 Å². The SMILES string of the molecule is C[C@H](Cn1cccn1)NC(=O)NC[C@@H](O)c1ccc(F)cc1F. The number of amides is 2. The van der Waals surface area contributed by atoms with Gasteiger partial charge in [-0.25, -0.2) is 13.6 Å². The van der Waals surface area contributed by atoms with E-state index in [0.29, 0.717) is 12.6 Å². The molecule has 1 aromatic carbocycles. The Bertz CT molecular complexity index is 649. The molecule has 0 saturated heterocycles. The topological polar surface area (TPSA) is 79.2 Å². The van der Waals surface area contributed by atoms with E-state index in [2.05, 4.69) is 15.7 Å². The van der Waals surface area contributed by atoms with E-state index in [1.54, 1.807) is 30.1 Å². The lowest BCUT2D eigenvalue weighted by Crippen LogP contribution is -2.43. The number of aliphatic hydroxyl groups excluding tert-OH is 1. The van der Waals surface area contributed by atoms with Crippen molar-refractivity contribution in [1.82, 2.24) is 20.4 Å². The molecule has 2 amide bonds.